The van der Waals surface area contributed by atoms with Gasteiger partial charge in [-0.25, -0.2) is 0 Å². The Kier molecular flexibility index (Phi) is 5.85. The lowest BCUT2D eigenvalue weighted by Crippen LogP contribution is -2.04. The van der Waals surface area contributed by atoms with Crippen LogP contribution < -0.4 is 4.74 Å². The largest absolute Gasteiger partial charge is 0.435 e. The molecular weight excluding hydrogens is 374 g/mol. The Morgan fingerprint density at radius 3 is 2.52 bits per heavy atom. The Balaban J connectivity index is 1.61. The second-order valence-electron chi connectivity index (χ2n) is 5.79. The van der Waals surface area contributed by atoms with Crippen LogP contribution in [0.15, 0.2) is 52.1 Å². The fraction of sp³-hybridized carbons (Fsp3) is 0.211. The van der Waals surface area contributed by atoms with Crippen LogP contribution >= 0.6 is 11.8 Å². The molecule has 0 radical (unpaired) electrons. The average molecular weight is 390 g/mol. The first-order valence-electron chi connectivity index (χ1n) is 8.04. The molecule has 0 unspecified atom stereocenters. The van der Waals surface area contributed by atoms with E-state index in [1.807, 2.05) is 32.0 Å². The summed E-state index contributed by atoms with van der Waals surface area (Å²) in [4.78, 5) is 12.2. The molecule has 8 heteroatoms. The van der Waals surface area contributed by atoms with E-state index in [9.17, 15) is 13.6 Å². The topological polar surface area (TPSA) is 65.2 Å². The molecule has 3 rings (SSSR count). The lowest BCUT2D eigenvalue weighted by Gasteiger charge is -2.04. The maximum absolute atomic E-state index is 12.2. The second kappa shape index (κ2) is 8.30. The summed E-state index contributed by atoms with van der Waals surface area (Å²) in [5, 5.41) is 8.24. The van der Waals surface area contributed by atoms with Crippen LogP contribution in [0.2, 0.25) is 0 Å². The Morgan fingerprint density at radius 1 is 1.11 bits per heavy atom. The van der Waals surface area contributed by atoms with Crippen molar-refractivity contribution in [3.63, 3.8) is 0 Å². The molecule has 5 nitrogen and oxygen atoms in total. The number of hydrogen-bond donors (Lipinski definition) is 0. The number of hydrogen-bond acceptors (Lipinski definition) is 6. The van der Waals surface area contributed by atoms with Crippen molar-refractivity contribution in [1.82, 2.24) is 10.2 Å². The summed E-state index contributed by atoms with van der Waals surface area (Å²) < 4.78 is 34.1. The highest BCUT2D eigenvalue weighted by atomic mass is 32.2. The summed E-state index contributed by atoms with van der Waals surface area (Å²) in [6.45, 7) is 1.12. The van der Waals surface area contributed by atoms with Crippen molar-refractivity contribution in [3.05, 3.63) is 59.2 Å². The van der Waals surface area contributed by atoms with Gasteiger partial charge < -0.3 is 9.15 Å². The van der Waals surface area contributed by atoms with E-state index in [2.05, 4.69) is 14.9 Å². The number of benzene rings is 2. The van der Waals surface area contributed by atoms with E-state index in [1.165, 1.54) is 29.8 Å². The standard InChI is InChI=1S/C19H16F2N2O3S/c1-11-3-4-14(9-12(11)2)17-22-23-19(26-17)27-10-16(24)13-5-7-15(8-6-13)25-18(20)21/h3-9,18H,10H2,1-2H3. The fourth-order valence-electron chi connectivity index (χ4n) is 2.29. The number of thioether (sulfide) groups is 1. The van der Waals surface area contributed by atoms with Crippen LogP contribution in [-0.2, 0) is 0 Å². The van der Waals surface area contributed by atoms with E-state index < -0.39 is 6.61 Å². The van der Waals surface area contributed by atoms with Gasteiger partial charge in [0.05, 0.1) is 5.75 Å². The summed E-state index contributed by atoms with van der Waals surface area (Å²) in [6.07, 6.45) is 0. The molecule has 0 saturated carbocycles. The molecule has 0 aliphatic rings. The number of rotatable bonds is 7. The number of aromatic nitrogens is 2. The molecule has 140 valence electrons. The van der Waals surface area contributed by atoms with Crippen LogP contribution in [0.5, 0.6) is 5.75 Å². The van der Waals surface area contributed by atoms with Crippen LogP contribution in [-0.4, -0.2) is 28.3 Å². The zero-order valence-electron chi connectivity index (χ0n) is 14.6. The number of Topliss-reactive ketones (excluding diaryl/α,β-unsaturated/α-hetero) is 1. The molecule has 0 aliphatic carbocycles. The van der Waals surface area contributed by atoms with Gasteiger partial charge in [0.2, 0.25) is 5.89 Å². The monoisotopic (exact) mass is 390 g/mol. The number of alkyl halides is 2. The van der Waals surface area contributed by atoms with Crippen LogP contribution in [0.25, 0.3) is 11.5 Å². The normalized spacial score (nSPS) is 11.0. The minimum atomic E-state index is -2.90. The third kappa shape index (κ3) is 4.91. The Bertz CT molecular complexity index is 942. The van der Waals surface area contributed by atoms with E-state index in [1.54, 1.807) is 0 Å². The first kappa shape index (κ1) is 19.0. The quantitative estimate of drug-likeness (QED) is 0.421. The van der Waals surface area contributed by atoms with Gasteiger partial charge in [0.25, 0.3) is 5.22 Å². The van der Waals surface area contributed by atoms with Gasteiger partial charge in [0, 0.05) is 11.1 Å². The first-order chi connectivity index (χ1) is 12.9. The zero-order valence-corrected chi connectivity index (χ0v) is 15.4. The lowest BCUT2D eigenvalue weighted by molar-refractivity contribution is -0.0498. The first-order valence-corrected chi connectivity index (χ1v) is 9.03. The summed E-state index contributed by atoms with van der Waals surface area (Å²) in [7, 11) is 0. The zero-order chi connectivity index (χ0) is 19.4. The van der Waals surface area contributed by atoms with Crippen molar-refractivity contribution in [2.24, 2.45) is 0 Å². The molecule has 0 bridgehead atoms. The molecule has 0 aliphatic heterocycles. The van der Waals surface area contributed by atoms with Crippen molar-refractivity contribution in [3.8, 4) is 17.2 Å². The van der Waals surface area contributed by atoms with Gasteiger partial charge in [-0.2, -0.15) is 8.78 Å². The van der Waals surface area contributed by atoms with E-state index in [-0.39, 0.29) is 22.5 Å². The summed E-state index contributed by atoms with van der Waals surface area (Å²) in [5.74, 6) is 0.295. The SMILES string of the molecule is Cc1ccc(-c2nnc(SCC(=O)c3ccc(OC(F)F)cc3)o2)cc1C. The number of carbonyl (C=O) groups is 1. The number of ether oxygens (including phenoxy) is 1. The summed E-state index contributed by atoms with van der Waals surface area (Å²) >= 11 is 1.12. The second-order valence-corrected chi connectivity index (χ2v) is 6.71. The van der Waals surface area contributed by atoms with Crippen molar-refractivity contribution in [2.45, 2.75) is 25.7 Å². The Labute approximate surface area is 158 Å². The Hall–Kier alpha value is -2.74. The fourth-order valence-corrected chi connectivity index (χ4v) is 2.95. The van der Waals surface area contributed by atoms with Crippen LogP contribution in [0.3, 0.4) is 0 Å². The molecular formula is C19H16F2N2O3S. The van der Waals surface area contributed by atoms with Crippen LogP contribution in [0.1, 0.15) is 21.5 Å². The molecule has 0 saturated heterocycles. The van der Waals surface area contributed by atoms with Crippen molar-refractivity contribution in [2.75, 3.05) is 5.75 Å². The molecule has 2 aromatic carbocycles. The third-order valence-corrected chi connectivity index (χ3v) is 4.71. The lowest BCUT2D eigenvalue weighted by atomic mass is 10.1. The molecule has 1 heterocycles. The van der Waals surface area contributed by atoms with E-state index in [0.29, 0.717) is 11.5 Å². The van der Waals surface area contributed by atoms with Gasteiger partial charge in [0.15, 0.2) is 5.78 Å². The summed E-state index contributed by atoms with van der Waals surface area (Å²) in [5.41, 5.74) is 3.49. The predicted octanol–water partition coefficient (Wildman–Crippen LogP) is 4.93. The van der Waals surface area contributed by atoms with Gasteiger partial charge in [-0.3, -0.25) is 4.79 Å². The minimum absolute atomic E-state index is 0.00383. The smallest absolute Gasteiger partial charge is 0.387 e. The van der Waals surface area contributed by atoms with E-state index >= 15 is 0 Å². The van der Waals surface area contributed by atoms with Crippen molar-refractivity contribution in [1.29, 1.82) is 0 Å². The van der Waals surface area contributed by atoms with Crippen molar-refractivity contribution >= 4 is 17.5 Å². The highest BCUT2D eigenvalue weighted by Crippen LogP contribution is 2.25. The average Bonchev–Trinajstić information content (AvgIpc) is 3.11. The molecule has 0 spiro atoms. The van der Waals surface area contributed by atoms with Gasteiger partial charge >= 0.3 is 6.61 Å². The molecule has 0 fully saturated rings. The Morgan fingerprint density at radius 2 is 1.85 bits per heavy atom. The molecule has 0 N–H and O–H groups in total. The molecule has 1 aromatic heterocycles. The molecule has 0 amide bonds. The van der Waals surface area contributed by atoms with Gasteiger partial charge in [-0.15, -0.1) is 10.2 Å². The number of carbonyl (C=O) groups excluding carboxylic acids is 1. The van der Waals surface area contributed by atoms with Crippen molar-refractivity contribution < 1.29 is 22.7 Å². The summed E-state index contributed by atoms with van der Waals surface area (Å²) in [6, 6.07) is 11.4. The molecule has 0 atom stereocenters. The van der Waals surface area contributed by atoms with E-state index in [4.69, 9.17) is 4.42 Å². The van der Waals surface area contributed by atoms with Crippen LogP contribution in [0.4, 0.5) is 8.78 Å². The molecule has 27 heavy (non-hydrogen) atoms. The van der Waals surface area contributed by atoms with E-state index in [0.717, 1.165) is 22.9 Å². The van der Waals surface area contributed by atoms with Gasteiger partial charge in [-0.05, 0) is 61.4 Å². The number of ketones is 1. The highest BCUT2D eigenvalue weighted by molar-refractivity contribution is 7.99. The number of nitrogens with zero attached hydrogens (tertiary/aromatic N) is 2. The van der Waals surface area contributed by atoms with Gasteiger partial charge in [0.1, 0.15) is 5.75 Å². The maximum atomic E-state index is 12.2. The highest BCUT2D eigenvalue weighted by Gasteiger charge is 2.13. The third-order valence-electron chi connectivity index (χ3n) is 3.89. The minimum Gasteiger partial charge on any atom is -0.435 e. The predicted molar refractivity (Wildman–Crippen MR) is 97.3 cm³/mol. The number of aryl methyl sites for hydroxylation is 2. The molecule has 3 aromatic rings. The maximum Gasteiger partial charge on any atom is 0.387 e. The van der Waals surface area contributed by atoms with Crippen LogP contribution in [0, 0.1) is 13.8 Å². The number of halogens is 2. The van der Waals surface area contributed by atoms with Gasteiger partial charge in [-0.1, -0.05) is 17.8 Å².